The lowest BCUT2D eigenvalue weighted by atomic mass is 10.1. The molecule has 1 fully saturated rings. The lowest BCUT2D eigenvalue weighted by Gasteiger charge is -2.16. The van der Waals surface area contributed by atoms with Crippen LogP contribution in [0.25, 0.3) is 0 Å². The number of ether oxygens (including phenoxy) is 1. The minimum atomic E-state index is 0.597. The Morgan fingerprint density at radius 1 is 1.26 bits per heavy atom. The Kier molecular flexibility index (Phi) is 3.79. The SMILES string of the molecule is c1ccc(OCCN2CC[C@H](c3ccn[nH]3)C2)cc1. The molecule has 100 valence electrons. The minimum absolute atomic E-state index is 0.597. The Morgan fingerprint density at radius 2 is 2.16 bits per heavy atom. The summed E-state index contributed by atoms with van der Waals surface area (Å²) in [6.07, 6.45) is 3.03. The molecule has 19 heavy (non-hydrogen) atoms. The quantitative estimate of drug-likeness (QED) is 0.893. The Morgan fingerprint density at radius 3 is 2.95 bits per heavy atom. The van der Waals surface area contributed by atoms with E-state index in [0.717, 1.165) is 32.0 Å². The van der Waals surface area contributed by atoms with Crippen molar-refractivity contribution in [2.45, 2.75) is 12.3 Å². The molecule has 1 saturated heterocycles. The van der Waals surface area contributed by atoms with Gasteiger partial charge in [0.15, 0.2) is 0 Å². The Labute approximate surface area is 113 Å². The van der Waals surface area contributed by atoms with Crippen LogP contribution in [0.2, 0.25) is 0 Å². The van der Waals surface area contributed by atoms with Gasteiger partial charge in [0.25, 0.3) is 0 Å². The molecule has 4 nitrogen and oxygen atoms in total. The molecule has 1 aromatic carbocycles. The van der Waals surface area contributed by atoms with Crippen LogP contribution in [0.4, 0.5) is 0 Å². The molecule has 1 aromatic heterocycles. The standard InChI is InChI=1S/C15H19N3O/c1-2-4-14(5-3-1)19-11-10-18-9-7-13(12-18)15-6-8-16-17-15/h1-6,8,13H,7,9-12H2,(H,16,17)/t13-/m0/s1. The van der Waals surface area contributed by atoms with Crippen molar-refractivity contribution in [3.63, 3.8) is 0 Å². The molecule has 0 bridgehead atoms. The van der Waals surface area contributed by atoms with Gasteiger partial charge in [-0.15, -0.1) is 0 Å². The van der Waals surface area contributed by atoms with Crippen LogP contribution < -0.4 is 4.74 Å². The molecular weight excluding hydrogens is 238 g/mol. The molecule has 0 unspecified atom stereocenters. The van der Waals surface area contributed by atoms with Gasteiger partial charge in [0.2, 0.25) is 0 Å². The number of aromatic amines is 1. The van der Waals surface area contributed by atoms with E-state index in [-0.39, 0.29) is 0 Å². The number of H-pyrrole nitrogens is 1. The maximum Gasteiger partial charge on any atom is 0.119 e. The van der Waals surface area contributed by atoms with E-state index in [9.17, 15) is 0 Å². The van der Waals surface area contributed by atoms with Gasteiger partial charge in [-0.3, -0.25) is 10.00 Å². The highest BCUT2D eigenvalue weighted by Gasteiger charge is 2.24. The summed E-state index contributed by atoms with van der Waals surface area (Å²) in [5, 5.41) is 7.10. The summed E-state index contributed by atoms with van der Waals surface area (Å²) in [5.74, 6) is 1.55. The van der Waals surface area contributed by atoms with Gasteiger partial charge in [0.1, 0.15) is 12.4 Å². The van der Waals surface area contributed by atoms with Crippen molar-refractivity contribution in [1.82, 2.24) is 15.1 Å². The highest BCUT2D eigenvalue weighted by molar-refractivity contribution is 5.20. The molecule has 1 aliphatic rings. The largest absolute Gasteiger partial charge is 0.492 e. The fourth-order valence-electron chi connectivity index (χ4n) is 2.59. The second kappa shape index (κ2) is 5.89. The summed E-state index contributed by atoms with van der Waals surface area (Å²) in [5.41, 5.74) is 1.26. The van der Waals surface area contributed by atoms with Gasteiger partial charge in [0, 0.05) is 30.9 Å². The zero-order valence-electron chi connectivity index (χ0n) is 11.0. The van der Waals surface area contributed by atoms with Crippen LogP contribution in [-0.4, -0.2) is 41.3 Å². The van der Waals surface area contributed by atoms with E-state index in [2.05, 4.69) is 21.2 Å². The van der Waals surface area contributed by atoms with E-state index in [1.54, 1.807) is 0 Å². The smallest absolute Gasteiger partial charge is 0.119 e. The van der Waals surface area contributed by atoms with Crippen molar-refractivity contribution < 1.29 is 4.74 Å². The fraction of sp³-hybridized carbons (Fsp3) is 0.400. The predicted octanol–water partition coefficient (Wildman–Crippen LogP) is 2.28. The number of nitrogens with one attached hydrogen (secondary N) is 1. The Bertz CT molecular complexity index is 483. The summed E-state index contributed by atoms with van der Waals surface area (Å²) in [6, 6.07) is 12.1. The molecule has 2 aromatic rings. The molecule has 2 heterocycles. The zero-order chi connectivity index (χ0) is 12.9. The number of benzene rings is 1. The second-order valence-corrected chi connectivity index (χ2v) is 4.96. The molecule has 1 aliphatic heterocycles. The topological polar surface area (TPSA) is 41.1 Å². The van der Waals surface area contributed by atoms with Crippen molar-refractivity contribution in [2.24, 2.45) is 0 Å². The summed E-state index contributed by atoms with van der Waals surface area (Å²) in [7, 11) is 0. The molecule has 0 aliphatic carbocycles. The average Bonchev–Trinajstić information content (AvgIpc) is 3.10. The number of hydrogen-bond donors (Lipinski definition) is 1. The summed E-state index contributed by atoms with van der Waals surface area (Å²) in [6.45, 7) is 3.97. The van der Waals surface area contributed by atoms with Gasteiger partial charge in [-0.25, -0.2) is 0 Å². The molecule has 1 atom stereocenters. The summed E-state index contributed by atoms with van der Waals surface area (Å²) >= 11 is 0. The highest BCUT2D eigenvalue weighted by Crippen LogP contribution is 2.24. The molecule has 0 spiro atoms. The van der Waals surface area contributed by atoms with E-state index in [1.165, 1.54) is 12.1 Å². The van der Waals surface area contributed by atoms with Crippen LogP contribution in [-0.2, 0) is 0 Å². The van der Waals surface area contributed by atoms with Gasteiger partial charge in [-0.1, -0.05) is 18.2 Å². The molecule has 0 amide bonds. The van der Waals surface area contributed by atoms with Gasteiger partial charge >= 0.3 is 0 Å². The molecule has 0 saturated carbocycles. The van der Waals surface area contributed by atoms with Crippen LogP contribution in [0, 0.1) is 0 Å². The van der Waals surface area contributed by atoms with E-state index in [0.29, 0.717) is 5.92 Å². The first-order valence-electron chi connectivity index (χ1n) is 6.81. The zero-order valence-corrected chi connectivity index (χ0v) is 11.0. The number of nitrogens with zero attached hydrogens (tertiary/aromatic N) is 2. The van der Waals surface area contributed by atoms with Crippen LogP contribution in [0.5, 0.6) is 5.75 Å². The van der Waals surface area contributed by atoms with Crippen LogP contribution in [0.15, 0.2) is 42.6 Å². The first-order valence-corrected chi connectivity index (χ1v) is 6.81. The minimum Gasteiger partial charge on any atom is -0.492 e. The van der Waals surface area contributed by atoms with Crippen molar-refractivity contribution in [3.8, 4) is 5.75 Å². The molecular formula is C15H19N3O. The highest BCUT2D eigenvalue weighted by atomic mass is 16.5. The lowest BCUT2D eigenvalue weighted by molar-refractivity contribution is 0.236. The third-order valence-electron chi connectivity index (χ3n) is 3.65. The molecule has 0 radical (unpaired) electrons. The lowest BCUT2D eigenvalue weighted by Crippen LogP contribution is -2.26. The van der Waals surface area contributed by atoms with Crippen molar-refractivity contribution in [3.05, 3.63) is 48.3 Å². The van der Waals surface area contributed by atoms with E-state index >= 15 is 0 Å². The summed E-state index contributed by atoms with van der Waals surface area (Å²) in [4.78, 5) is 2.45. The van der Waals surface area contributed by atoms with Gasteiger partial charge in [0.05, 0.1) is 0 Å². The third kappa shape index (κ3) is 3.15. The second-order valence-electron chi connectivity index (χ2n) is 4.96. The van der Waals surface area contributed by atoms with Crippen molar-refractivity contribution >= 4 is 0 Å². The van der Waals surface area contributed by atoms with Gasteiger partial charge in [-0.2, -0.15) is 5.10 Å². The van der Waals surface area contributed by atoms with E-state index in [1.807, 2.05) is 36.5 Å². The molecule has 1 N–H and O–H groups in total. The van der Waals surface area contributed by atoms with Crippen molar-refractivity contribution in [1.29, 1.82) is 0 Å². The van der Waals surface area contributed by atoms with Gasteiger partial charge in [-0.05, 0) is 31.2 Å². The maximum atomic E-state index is 5.73. The maximum absolute atomic E-state index is 5.73. The first-order chi connectivity index (χ1) is 9.42. The van der Waals surface area contributed by atoms with Crippen LogP contribution in [0.1, 0.15) is 18.0 Å². The molecule has 4 heteroatoms. The number of rotatable bonds is 5. The third-order valence-corrected chi connectivity index (χ3v) is 3.65. The van der Waals surface area contributed by atoms with Gasteiger partial charge < -0.3 is 4.74 Å². The summed E-state index contributed by atoms with van der Waals surface area (Å²) < 4.78 is 5.73. The first kappa shape index (κ1) is 12.2. The van der Waals surface area contributed by atoms with E-state index in [4.69, 9.17) is 4.74 Å². The van der Waals surface area contributed by atoms with Crippen LogP contribution >= 0.6 is 0 Å². The van der Waals surface area contributed by atoms with Crippen molar-refractivity contribution in [2.75, 3.05) is 26.2 Å². The predicted molar refractivity (Wildman–Crippen MR) is 74.3 cm³/mol. The molecule has 3 rings (SSSR count). The number of para-hydroxylation sites is 1. The Balaban J connectivity index is 1.43. The fourth-order valence-corrected chi connectivity index (χ4v) is 2.59. The monoisotopic (exact) mass is 257 g/mol. The van der Waals surface area contributed by atoms with E-state index < -0.39 is 0 Å². The van der Waals surface area contributed by atoms with Crippen LogP contribution in [0.3, 0.4) is 0 Å². The number of hydrogen-bond acceptors (Lipinski definition) is 3. The Hall–Kier alpha value is -1.81. The normalized spacial score (nSPS) is 19.7. The number of likely N-dealkylation sites (tertiary alicyclic amines) is 1. The average molecular weight is 257 g/mol. The number of aromatic nitrogens is 2.